The molecule has 0 fully saturated rings. The van der Waals surface area contributed by atoms with Crippen LogP contribution in [-0.4, -0.2) is 32.7 Å². The smallest absolute Gasteiger partial charge is 0.433 e. The highest BCUT2D eigenvalue weighted by Crippen LogP contribution is 2.30. The zero-order valence-electron chi connectivity index (χ0n) is 11.4. The summed E-state index contributed by atoms with van der Waals surface area (Å²) in [6.45, 7) is -0.625. The molecule has 23 heavy (non-hydrogen) atoms. The quantitative estimate of drug-likeness (QED) is 0.624. The van der Waals surface area contributed by atoms with Gasteiger partial charge in [0.25, 0.3) is 0 Å². The van der Waals surface area contributed by atoms with Crippen LogP contribution in [0.3, 0.4) is 0 Å². The second-order valence-electron chi connectivity index (χ2n) is 4.38. The number of anilines is 3. The van der Waals surface area contributed by atoms with Crippen molar-refractivity contribution in [1.29, 1.82) is 0 Å². The normalized spacial score (nSPS) is 11.1. The van der Waals surface area contributed by atoms with E-state index in [1.54, 1.807) is 0 Å². The predicted molar refractivity (Wildman–Crippen MR) is 74.5 cm³/mol. The van der Waals surface area contributed by atoms with E-state index in [4.69, 9.17) is 5.11 Å². The van der Waals surface area contributed by atoms with Crippen molar-refractivity contribution < 1.29 is 28.2 Å². The number of carbonyl (C=O) groups is 1. The third kappa shape index (κ3) is 4.73. The van der Waals surface area contributed by atoms with Crippen molar-refractivity contribution in [3.63, 3.8) is 0 Å². The summed E-state index contributed by atoms with van der Waals surface area (Å²) in [4.78, 5) is 17.5. The molecule has 122 valence electrons. The number of nitrogens with one attached hydrogen (secondary N) is 2. The minimum Gasteiger partial charge on any atom is -0.508 e. The number of halogens is 3. The van der Waals surface area contributed by atoms with E-state index < -0.39 is 30.3 Å². The number of carboxylic acid groups (broad SMARTS) is 1. The standard InChI is InChI=1S/C13H11F3N4O3/c14-13(15,16)9-5-10(18-7-1-3-8(21)4-2-7)20-12(19-9)17-6-11(22)23/h1-5,21H,6H2,(H,22,23)(H2,17,18,19,20). The van der Waals surface area contributed by atoms with Gasteiger partial charge in [-0.3, -0.25) is 4.79 Å². The molecule has 1 aromatic heterocycles. The lowest BCUT2D eigenvalue weighted by Gasteiger charge is -2.12. The van der Waals surface area contributed by atoms with Crippen LogP contribution in [0.2, 0.25) is 0 Å². The van der Waals surface area contributed by atoms with Gasteiger partial charge in [0.15, 0.2) is 5.69 Å². The highest BCUT2D eigenvalue weighted by atomic mass is 19.4. The van der Waals surface area contributed by atoms with E-state index in [1.165, 1.54) is 24.3 Å². The highest BCUT2D eigenvalue weighted by molar-refractivity contribution is 5.72. The van der Waals surface area contributed by atoms with Crippen LogP contribution in [0.1, 0.15) is 5.69 Å². The zero-order valence-corrected chi connectivity index (χ0v) is 11.4. The highest BCUT2D eigenvalue weighted by Gasteiger charge is 2.33. The van der Waals surface area contributed by atoms with Crippen molar-refractivity contribution >= 4 is 23.4 Å². The Balaban J connectivity index is 2.31. The van der Waals surface area contributed by atoms with E-state index in [-0.39, 0.29) is 11.6 Å². The third-order valence-corrected chi connectivity index (χ3v) is 2.55. The maximum absolute atomic E-state index is 12.8. The fraction of sp³-hybridized carbons (Fsp3) is 0.154. The van der Waals surface area contributed by atoms with Crippen LogP contribution < -0.4 is 10.6 Å². The third-order valence-electron chi connectivity index (χ3n) is 2.55. The minimum atomic E-state index is -4.71. The van der Waals surface area contributed by atoms with Gasteiger partial charge in [0.1, 0.15) is 18.1 Å². The average Bonchev–Trinajstić information content (AvgIpc) is 2.46. The first-order valence-corrected chi connectivity index (χ1v) is 6.22. The minimum absolute atomic E-state index is 0.00182. The first-order valence-electron chi connectivity index (χ1n) is 6.22. The maximum Gasteiger partial charge on any atom is 0.433 e. The first kappa shape index (κ1) is 16.3. The molecule has 0 aliphatic heterocycles. The monoisotopic (exact) mass is 328 g/mol. The summed E-state index contributed by atoms with van der Waals surface area (Å²) in [6, 6.07) is 6.26. The fourth-order valence-electron chi connectivity index (χ4n) is 1.58. The molecular weight excluding hydrogens is 317 g/mol. The fourth-order valence-corrected chi connectivity index (χ4v) is 1.58. The number of rotatable bonds is 5. The topological polar surface area (TPSA) is 107 Å². The van der Waals surface area contributed by atoms with Crippen LogP contribution in [-0.2, 0) is 11.0 Å². The number of aromatic nitrogens is 2. The van der Waals surface area contributed by atoms with Gasteiger partial charge in [-0.25, -0.2) is 4.98 Å². The molecule has 0 aliphatic rings. The number of hydrogen-bond acceptors (Lipinski definition) is 6. The van der Waals surface area contributed by atoms with Crippen LogP contribution >= 0.6 is 0 Å². The second-order valence-corrected chi connectivity index (χ2v) is 4.38. The van der Waals surface area contributed by atoms with Gasteiger partial charge < -0.3 is 20.8 Å². The Labute approximate surface area is 127 Å². The summed E-state index contributed by atoms with van der Waals surface area (Å²) in [5, 5.41) is 22.5. The number of nitrogens with zero attached hydrogens (tertiary/aromatic N) is 2. The summed E-state index contributed by atoms with van der Waals surface area (Å²) in [6.07, 6.45) is -4.71. The molecule has 0 bridgehead atoms. The summed E-state index contributed by atoms with van der Waals surface area (Å²) in [5.41, 5.74) is -0.833. The van der Waals surface area contributed by atoms with E-state index in [1.807, 2.05) is 0 Å². The van der Waals surface area contributed by atoms with Crippen LogP contribution in [0, 0.1) is 0 Å². The Hall–Kier alpha value is -3.04. The SMILES string of the molecule is O=C(O)CNc1nc(Nc2ccc(O)cc2)cc(C(F)(F)F)n1. The summed E-state index contributed by atoms with van der Waals surface area (Å²) >= 11 is 0. The van der Waals surface area contributed by atoms with Crippen molar-refractivity contribution in [3.8, 4) is 5.75 Å². The molecule has 0 radical (unpaired) electrons. The van der Waals surface area contributed by atoms with E-state index in [0.29, 0.717) is 11.8 Å². The lowest BCUT2D eigenvalue weighted by atomic mass is 10.3. The van der Waals surface area contributed by atoms with Gasteiger partial charge >= 0.3 is 12.1 Å². The number of hydrogen-bond donors (Lipinski definition) is 4. The number of phenols is 1. The van der Waals surface area contributed by atoms with Crippen molar-refractivity contribution in [2.24, 2.45) is 0 Å². The number of aliphatic carboxylic acids is 1. The summed E-state index contributed by atoms with van der Waals surface area (Å²) in [7, 11) is 0. The molecule has 10 heteroatoms. The van der Waals surface area contributed by atoms with Crippen molar-refractivity contribution in [2.75, 3.05) is 17.2 Å². The molecule has 0 saturated heterocycles. The number of carboxylic acids is 1. The molecule has 1 aromatic carbocycles. The van der Waals surface area contributed by atoms with Crippen LogP contribution in [0.25, 0.3) is 0 Å². The zero-order chi connectivity index (χ0) is 17.0. The van der Waals surface area contributed by atoms with E-state index in [0.717, 1.165) is 0 Å². The Morgan fingerprint density at radius 2 is 1.83 bits per heavy atom. The average molecular weight is 328 g/mol. The van der Waals surface area contributed by atoms with E-state index in [2.05, 4.69) is 20.6 Å². The molecule has 1 heterocycles. The van der Waals surface area contributed by atoms with Gasteiger partial charge in [-0.05, 0) is 24.3 Å². The maximum atomic E-state index is 12.8. The van der Waals surface area contributed by atoms with Crippen molar-refractivity contribution in [2.45, 2.75) is 6.18 Å². The molecule has 0 unspecified atom stereocenters. The summed E-state index contributed by atoms with van der Waals surface area (Å²) < 4.78 is 38.5. The molecule has 2 aromatic rings. The van der Waals surface area contributed by atoms with Crippen LogP contribution in [0.5, 0.6) is 5.75 Å². The molecule has 0 amide bonds. The van der Waals surface area contributed by atoms with Gasteiger partial charge in [0.2, 0.25) is 5.95 Å². The number of alkyl halides is 3. The second kappa shape index (κ2) is 6.38. The molecule has 0 atom stereocenters. The molecule has 4 N–H and O–H groups in total. The molecule has 0 aliphatic carbocycles. The molecule has 0 spiro atoms. The van der Waals surface area contributed by atoms with Gasteiger partial charge in [-0.15, -0.1) is 0 Å². The largest absolute Gasteiger partial charge is 0.508 e. The molecular formula is C13H11F3N4O3. The van der Waals surface area contributed by atoms with Gasteiger partial charge in [0.05, 0.1) is 0 Å². The Bertz CT molecular complexity index is 705. The van der Waals surface area contributed by atoms with Crippen LogP contribution in [0.15, 0.2) is 30.3 Å². The lowest BCUT2D eigenvalue weighted by molar-refractivity contribution is -0.141. The van der Waals surface area contributed by atoms with E-state index in [9.17, 15) is 23.1 Å². The van der Waals surface area contributed by atoms with Crippen LogP contribution in [0.4, 0.5) is 30.6 Å². The van der Waals surface area contributed by atoms with Gasteiger partial charge in [0, 0.05) is 11.8 Å². The Morgan fingerprint density at radius 3 is 2.39 bits per heavy atom. The van der Waals surface area contributed by atoms with E-state index >= 15 is 0 Å². The van der Waals surface area contributed by atoms with Crippen molar-refractivity contribution in [3.05, 3.63) is 36.0 Å². The first-order chi connectivity index (χ1) is 10.7. The van der Waals surface area contributed by atoms with Gasteiger partial charge in [-0.2, -0.15) is 18.2 Å². The Kier molecular flexibility index (Phi) is 4.53. The number of benzene rings is 1. The van der Waals surface area contributed by atoms with Crippen molar-refractivity contribution in [1.82, 2.24) is 9.97 Å². The predicted octanol–water partition coefficient (Wildman–Crippen LogP) is 2.44. The number of aromatic hydroxyl groups is 1. The van der Waals surface area contributed by atoms with Gasteiger partial charge in [-0.1, -0.05) is 0 Å². The Morgan fingerprint density at radius 1 is 1.17 bits per heavy atom. The molecule has 2 rings (SSSR count). The lowest BCUT2D eigenvalue weighted by Crippen LogP contribution is -2.17. The summed E-state index contributed by atoms with van der Waals surface area (Å²) in [5.74, 6) is -1.91. The number of phenolic OH excluding ortho intramolecular Hbond substituents is 1. The molecule has 7 nitrogen and oxygen atoms in total. The molecule has 0 saturated carbocycles.